The summed E-state index contributed by atoms with van der Waals surface area (Å²) in [5.74, 6) is 0.0115. The van der Waals surface area contributed by atoms with Crippen LogP contribution in [0.15, 0.2) is 42.5 Å². The van der Waals surface area contributed by atoms with Crippen molar-refractivity contribution >= 4 is 35.0 Å². The smallest absolute Gasteiger partial charge is 0.258 e. The van der Waals surface area contributed by atoms with Crippen LogP contribution in [0.4, 0.5) is 4.39 Å². The van der Waals surface area contributed by atoms with Gasteiger partial charge in [-0.2, -0.15) is 0 Å². The molecule has 1 saturated heterocycles. The molecule has 1 aliphatic carbocycles. The Labute approximate surface area is 196 Å². The van der Waals surface area contributed by atoms with E-state index in [9.17, 15) is 14.0 Å². The molecule has 32 heavy (non-hydrogen) atoms. The number of ether oxygens (including phenoxy) is 1. The van der Waals surface area contributed by atoms with Crippen molar-refractivity contribution in [2.24, 2.45) is 5.92 Å². The minimum atomic E-state index is -0.589. The van der Waals surface area contributed by atoms with E-state index in [0.29, 0.717) is 5.92 Å². The molecule has 8 heteroatoms. The SMILES string of the molecule is O=C(COc1ccc(Cl)c(F)c1)NC1CCC(C(=O)N2CC(c3ccc(Cl)cc3)C2)CC1. The predicted molar refractivity (Wildman–Crippen MR) is 122 cm³/mol. The Morgan fingerprint density at radius 2 is 1.72 bits per heavy atom. The number of likely N-dealkylation sites (tertiary alicyclic amines) is 1. The molecule has 4 rings (SSSR count). The first-order chi connectivity index (χ1) is 15.4. The largest absolute Gasteiger partial charge is 0.484 e. The fraction of sp³-hybridized carbons (Fsp3) is 0.417. The molecule has 1 aliphatic heterocycles. The first kappa shape index (κ1) is 22.9. The van der Waals surface area contributed by atoms with Gasteiger partial charge in [-0.05, 0) is 55.5 Å². The van der Waals surface area contributed by atoms with Gasteiger partial charge in [-0.15, -0.1) is 0 Å². The van der Waals surface area contributed by atoms with Crippen LogP contribution in [0.5, 0.6) is 5.75 Å². The second kappa shape index (κ2) is 10.1. The Morgan fingerprint density at radius 3 is 2.38 bits per heavy atom. The number of hydrogen-bond acceptors (Lipinski definition) is 3. The first-order valence-corrected chi connectivity index (χ1v) is 11.6. The molecule has 1 heterocycles. The average Bonchev–Trinajstić information content (AvgIpc) is 2.75. The Bertz CT molecular complexity index is 972. The first-order valence-electron chi connectivity index (χ1n) is 10.8. The van der Waals surface area contributed by atoms with E-state index < -0.39 is 5.82 Å². The highest BCUT2D eigenvalue weighted by Gasteiger charge is 2.36. The van der Waals surface area contributed by atoms with E-state index in [0.717, 1.165) is 49.9 Å². The van der Waals surface area contributed by atoms with Gasteiger partial charge in [0, 0.05) is 42.1 Å². The number of halogens is 3. The van der Waals surface area contributed by atoms with Gasteiger partial charge in [-0.1, -0.05) is 35.3 Å². The van der Waals surface area contributed by atoms with Crippen LogP contribution >= 0.6 is 23.2 Å². The summed E-state index contributed by atoms with van der Waals surface area (Å²) in [6, 6.07) is 11.9. The highest BCUT2D eigenvalue weighted by atomic mass is 35.5. The van der Waals surface area contributed by atoms with Crippen molar-refractivity contribution in [1.29, 1.82) is 0 Å². The fourth-order valence-electron chi connectivity index (χ4n) is 4.33. The number of rotatable bonds is 6. The van der Waals surface area contributed by atoms with Crippen LogP contribution < -0.4 is 10.1 Å². The lowest BCUT2D eigenvalue weighted by molar-refractivity contribution is -0.141. The maximum absolute atomic E-state index is 13.4. The van der Waals surface area contributed by atoms with E-state index in [1.165, 1.54) is 17.7 Å². The summed E-state index contributed by atoms with van der Waals surface area (Å²) in [7, 11) is 0. The van der Waals surface area contributed by atoms with Crippen LogP contribution in [0.25, 0.3) is 0 Å². The monoisotopic (exact) mass is 478 g/mol. The van der Waals surface area contributed by atoms with E-state index in [1.54, 1.807) is 0 Å². The van der Waals surface area contributed by atoms with Crippen LogP contribution in [0.1, 0.15) is 37.2 Å². The standard InChI is InChI=1S/C24H25Cl2FN2O3/c25-18-5-1-15(2-6-18)17-12-29(13-17)24(31)16-3-7-19(8-4-16)28-23(30)14-32-20-9-10-21(26)22(27)11-20/h1-2,5-6,9-11,16-17,19H,3-4,7-8,12-14H2,(H,28,30). The lowest BCUT2D eigenvalue weighted by Crippen LogP contribution is -2.51. The van der Waals surface area contributed by atoms with Gasteiger partial charge >= 0.3 is 0 Å². The van der Waals surface area contributed by atoms with Crippen molar-refractivity contribution in [3.8, 4) is 5.75 Å². The third kappa shape index (κ3) is 5.54. The minimum absolute atomic E-state index is 0.00633. The molecule has 2 fully saturated rings. The van der Waals surface area contributed by atoms with Gasteiger partial charge in [0.05, 0.1) is 5.02 Å². The Hall–Kier alpha value is -2.31. The zero-order valence-electron chi connectivity index (χ0n) is 17.5. The molecule has 0 radical (unpaired) electrons. The van der Waals surface area contributed by atoms with Crippen molar-refractivity contribution < 1.29 is 18.7 Å². The number of carbonyl (C=O) groups is 2. The molecule has 2 aromatic carbocycles. The maximum atomic E-state index is 13.4. The Balaban J connectivity index is 1.16. The number of benzene rings is 2. The van der Waals surface area contributed by atoms with E-state index in [1.807, 2.05) is 29.2 Å². The third-order valence-corrected chi connectivity index (χ3v) is 6.80. The van der Waals surface area contributed by atoms with E-state index >= 15 is 0 Å². The summed E-state index contributed by atoms with van der Waals surface area (Å²) in [5.41, 5.74) is 1.22. The average molecular weight is 479 g/mol. The van der Waals surface area contributed by atoms with E-state index in [-0.39, 0.29) is 41.2 Å². The van der Waals surface area contributed by atoms with Gasteiger partial charge in [-0.25, -0.2) is 4.39 Å². The summed E-state index contributed by atoms with van der Waals surface area (Å²) < 4.78 is 18.8. The molecular formula is C24H25Cl2FN2O3. The summed E-state index contributed by atoms with van der Waals surface area (Å²) >= 11 is 11.6. The fourth-order valence-corrected chi connectivity index (χ4v) is 4.58. The van der Waals surface area contributed by atoms with Crippen molar-refractivity contribution in [1.82, 2.24) is 10.2 Å². The van der Waals surface area contributed by atoms with Gasteiger partial charge in [-0.3, -0.25) is 9.59 Å². The Kier molecular flexibility index (Phi) is 7.21. The van der Waals surface area contributed by atoms with Gasteiger partial charge in [0.15, 0.2) is 6.61 Å². The normalized spacial score (nSPS) is 21.0. The quantitative estimate of drug-likeness (QED) is 0.647. The van der Waals surface area contributed by atoms with Gasteiger partial charge in [0.1, 0.15) is 11.6 Å². The number of hydrogen-bond donors (Lipinski definition) is 1. The molecule has 0 bridgehead atoms. The molecule has 0 spiro atoms. The van der Waals surface area contributed by atoms with Crippen molar-refractivity contribution in [3.63, 3.8) is 0 Å². The number of nitrogens with one attached hydrogen (secondary N) is 1. The van der Waals surface area contributed by atoms with Crippen molar-refractivity contribution in [2.45, 2.75) is 37.6 Å². The number of amides is 2. The summed E-state index contributed by atoms with van der Waals surface area (Å²) in [6.45, 7) is 1.30. The molecular weight excluding hydrogens is 454 g/mol. The Morgan fingerprint density at radius 1 is 1.03 bits per heavy atom. The van der Waals surface area contributed by atoms with Gasteiger partial charge < -0.3 is 15.0 Å². The molecule has 2 aliphatic rings. The lowest BCUT2D eigenvalue weighted by atomic mass is 9.83. The van der Waals surface area contributed by atoms with Crippen molar-refractivity contribution in [2.75, 3.05) is 19.7 Å². The lowest BCUT2D eigenvalue weighted by Gasteiger charge is -2.42. The minimum Gasteiger partial charge on any atom is -0.484 e. The topological polar surface area (TPSA) is 58.6 Å². The highest BCUT2D eigenvalue weighted by Crippen LogP contribution is 2.32. The van der Waals surface area contributed by atoms with Crippen LogP contribution in [0, 0.1) is 11.7 Å². The molecule has 1 N–H and O–H groups in total. The van der Waals surface area contributed by atoms with Gasteiger partial charge in [0.2, 0.25) is 5.91 Å². The second-order valence-corrected chi connectivity index (χ2v) is 9.32. The second-order valence-electron chi connectivity index (χ2n) is 8.47. The van der Waals surface area contributed by atoms with Gasteiger partial charge in [0.25, 0.3) is 5.91 Å². The van der Waals surface area contributed by atoms with Crippen LogP contribution in [-0.2, 0) is 9.59 Å². The van der Waals surface area contributed by atoms with Crippen LogP contribution in [0.2, 0.25) is 10.0 Å². The summed E-state index contributed by atoms with van der Waals surface area (Å²) in [6.07, 6.45) is 3.03. The predicted octanol–water partition coefficient (Wildman–Crippen LogP) is 4.81. The van der Waals surface area contributed by atoms with Crippen LogP contribution in [-0.4, -0.2) is 42.5 Å². The molecule has 0 unspecified atom stereocenters. The molecule has 170 valence electrons. The van der Waals surface area contributed by atoms with E-state index in [4.69, 9.17) is 27.9 Å². The maximum Gasteiger partial charge on any atom is 0.258 e. The molecule has 0 aromatic heterocycles. The van der Waals surface area contributed by atoms with E-state index in [2.05, 4.69) is 5.32 Å². The molecule has 2 amide bonds. The number of nitrogens with zero attached hydrogens (tertiary/aromatic N) is 1. The third-order valence-electron chi connectivity index (χ3n) is 6.24. The number of carbonyl (C=O) groups excluding carboxylic acids is 2. The molecule has 1 saturated carbocycles. The van der Waals surface area contributed by atoms with Crippen LogP contribution in [0.3, 0.4) is 0 Å². The summed E-state index contributed by atoms with van der Waals surface area (Å²) in [5, 5.41) is 3.67. The molecule has 5 nitrogen and oxygen atoms in total. The molecule has 0 atom stereocenters. The highest BCUT2D eigenvalue weighted by molar-refractivity contribution is 6.30. The zero-order chi connectivity index (χ0) is 22.7. The summed E-state index contributed by atoms with van der Waals surface area (Å²) in [4.78, 5) is 26.9. The van der Waals surface area contributed by atoms with Crippen molar-refractivity contribution in [3.05, 3.63) is 63.9 Å². The zero-order valence-corrected chi connectivity index (χ0v) is 19.0. The molecule has 2 aromatic rings.